The van der Waals surface area contributed by atoms with Gasteiger partial charge in [-0.2, -0.15) is 0 Å². The fourth-order valence-corrected chi connectivity index (χ4v) is 2.59. The Bertz CT molecular complexity index is 444. The molecule has 0 aliphatic heterocycles. The Morgan fingerprint density at radius 3 is 2.41 bits per heavy atom. The molecule has 17 heavy (non-hydrogen) atoms. The predicted molar refractivity (Wildman–Crippen MR) is 72.9 cm³/mol. The summed E-state index contributed by atoms with van der Waals surface area (Å²) in [5.41, 5.74) is 7.41. The summed E-state index contributed by atoms with van der Waals surface area (Å²) >= 11 is 1.71. The molecule has 88 valence electrons. The summed E-state index contributed by atoms with van der Waals surface area (Å²) in [6, 6.07) is 16.2. The van der Waals surface area contributed by atoms with Crippen molar-refractivity contribution < 1.29 is 0 Å². The Hall–Kier alpha value is -1.32. The van der Waals surface area contributed by atoms with Crippen molar-refractivity contribution in [3.63, 3.8) is 0 Å². The summed E-state index contributed by atoms with van der Waals surface area (Å²) in [5, 5.41) is 1.32. The zero-order valence-electron chi connectivity index (χ0n) is 9.78. The van der Waals surface area contributed by atoms with Crippen molar-refractivity contribution in [2.45, 2.75) is 23.2 Å². The van der Waals surface area contributed by atoms with Gasteiger partial charge in [0.25, 0.3) is 0 Å². The second-order valence-electron chi connectivity index (χ2n) is 3.93. The molecule has 1 aromatic heterocycles. The van der Waals surface area contributed by atoms with Gasteiger partial charge >= 0.3 is 0 Å². The highest BCUT2D eigenvalue weighted by atomic mass is 32.2. The van der Waals surface area contributed by atoms with E-state index in [1.807, 2.05) is 42.6 Å². The minimum Gasteiger partial charge on any atom is -0.323 e. The van der Waals surface area contributed by atoms with Gasteiger partial charge in [0.2, 0.25) is 0 Å². The Balaban J connectivity index is 2.03. The first kappa shape index (κ1) is 12.1. The van der Waals surface area contributed by atoms with E-state index in [9.17, 15) is 0 Å². The molecule has 0 saturated heterocycles. The maximum Gasteiger partial charge on any atom is 0.0963 e. The highest BCUT2D eigenvalue weighted by Crippen LogP contribution is 2.28. The van der Waals surface area contributed by atoms with Gasteiger partial charge in [-0.15, -0.1) is 11.8 Å². The van der Waals surface area contributed by atoms with E-state index in [-0.39, 0.29) is 6.04 Å². The molecule has 0 saturated carbocycles. The van der Waals surface area contributed by atoms with Crippen LogP contribution in [0.25, 0.3) is 0 Å². The van der Waals surface area contributed by atoms with E-state index in [0.29, 0.717) is 5.25 Å². The summed E-state index contributed by atoms with van der Waals surface area (Å²) in [6.45, 7) is 2.14. The van der Waals surface area contributed by atoms with Crippen LogP contribution >= 0.6 is 11.8 Å². The molecule has 0 aliphatic rings. The number of aromatic nitrogens is 1. The number of rotatable bonds is 4. The number of thioether (sulfide) groups is 1. The number of nitrogens with zero attached hydrogens (tertiary/aromatic N) is 1. The molecule has 0 fully saturated rings. The lowest BCUT2D eigenvalue weighted by Gasteiger charge is -2.19. The molecule has 1 heterocycles. The highest BCUT2D eigenvalue weighted by molar-refractivity contribution is 7.99. The van der Waals surface area contributed by atoms with Crippen LogP contribution in [0, 0.1) is 0 Å². The van der Waals surface area contributed by atoms with Crippen molar-refractivity contribution in [3.05, 3.63) is 60.3 Å². The summed E-state index contributed by atoms with van der Waals surface area (Å²) < 4.78 is 0. The molecule has 2 N–H and O–H groups in total. The van der Waals surface area contributed by atoms with E-state index >= 15 is 0 Å². The summed E-state index contributed by atoms with van der Waals surface area (Å²) in [6.07, 6.45) is 1.81. The lowest BCUT2D eigenvalue weighted by molar-refractivity contribution is 0.714. The zero-order valence-corrected chi connectivity index (χ0v) is 10.6. The second kappa shape index (κ2) is 5.84. The minimum atomic E-state index is 0.0307. The third-order valence-corrected chi connectivity index (χ3v) is 3.78. The first-order chi connectivity index (χ1) is 8.27. The van der Waals surface area contributed by atoms with Gasteiger partial charge < -0.3 is 5.73 Å². The first-order valence-corrected chi connectivity index (χ1v) is 6.53. The van der Waals surface area contributed by atoms with Crippen LogP contribution in [-0.2, 0) is 0 Å². The van der Waals surface area contributed by atoms with Crippen LogP contribution in [0.15, 0.2) is 59.8 Å². The number of nitrogens with two attached hydrogens (primary N) is 1. The van der Waals surface area contributed by atoms with Crippen LogP contribution in [0.2, 0.25) is 0 Å². The lowest BCUT2D eigenvalue weighted by atomic mass is 10.1. The van der Waals surface area contributed by atoms with Gasteiger partial charge in [-0.25, -0.2) is 4.98 Å². The van der Waals surface area contributed by atoms with Crippen LogP contribution in [0.1, 0.15) is 18.5 Å². The van der Waals surface area contributed by atoms with Crippen molar-refractivity contribution in [1.82, 2.24) is 4.98 Å². The van der Waals surface area contributed by atoms with Gasteiger partial charge in [-0.05, 0) is 17.7 Å². The van der Waals surface area contributed by atoms with E-state index < -0.39 is 0 Å². The monoisotopic (exact) mass is 244 g/mol. The average Bonchev–Trinajstić information content (AvgIpc) is 2.40. The fourth-order valence-electron chi connectivity index (χ4n) is 1.63. The molecule has 2 unspecified atom stereocenters. The molecule has 2 nitrogen and oxygen atoms in total. The molecule has 0 amide bonds. The molecule has 0 aliphatic carbocycles. The van der Waals surface area contributed by atoms with Gasteiger partial charge in [0.1, 0.15) is 0 Å². The van der Waals surface area contributed by atoms with E-state index in [1.54, 1.807) is 11.8 Å². The van der Waals surface area contributed by atoms with Gasteiger partial charge in [-0.1, -0.05) is 43.3 Å². The topological polar surface area (TPSA) is 38.9 Å². The third-order valence-electron chi connectivity index (χ3n) is 2.63. The van der Waals surface area contributed by atoms with Crippen molar-refractivity contribution in [3.8, 4) is 0 Å². The number of pyridine rings is 1. The largest absolute Gasteiger partial charge is 0.323 e. The zero-order chi connectivity index (χ0) is 12.1. The van der Waals surface area contributed by atoms with Gasteiger partial charge in [0.05, 0.1) is 5.03 Å². The minimum absolute atomic E-state index is 0.0307. The van der Waals surface area contributed by atoms with Crippen LogP contribution in [0.4, 0.5) is 0 Å². The Morgan fingerprint density at radius 2 is 1.76 bits per heavy atom. The van der Waals surface area contributed by atoms with Crippen molar-refractivity contribution in [2.24, 2.45) is 5.73 Å². The molecule has 0 radical (unpaired) electrons. The summed E-state index contributed by atoms with van der Waals surface area (Å²) in [5.74, 6) is 0. The molecular weight excluding hydrogens is 228 g/mol. The highest BCUT2D eigenvalue weighted by Gasteiger charge is 2.16. The first-order valence-electron chi connectivity index (χ1n) is 5.65. The molecule has 1 aromatic carbocycles. The fraction of sp³-hybridized carbons (Fsp3) is 0.214. The van der Waals surface area contributed by atoms with Crippen LogP contribution in [0.5, 0.6) is 0 Å². The molecule has 2 aromatic rings. The number of hydrogen-bond donors (Lipinski definition) is 1. The average molecular weight is 244 g/mol. The van der Waals surface area contributed by atoms with Gasteiger partial charge in [-0.3, -0.25) is 0 Å². The SMILES string of the molecule is CC(Sc1ccccn1)C(N)c1ccccc1. The molecule has 3 heteroatoms. The quantitative estimate of drug-likeness (QED) is 0.839. The Labute approximate surface area is 106 Å². The van der Waals surface area contributed by atoms with Crippen molar-refractivity contribution in [2.75, 3.05) is 0 Å². The molecule has 2 rings (SSSR count). The number of benzene rings is 1. The Kier molecular flexibility index (Phi) is 4.18. The maximum absolute atomic E-state index is 6.24. The van der Waals surface area contributed by atoms with E-state index in [0.717, 1.165) is 5.03 Å². The predicted octanol–water partition coefficient (Wildman–Crippen LogP) is 3.26. The van der Waals surface area contributed by atoms with Gasteiger partial charge in [0.15, 0.2) is 0 Å². The van der Waals surface area contributed by atoms with Crippen LogP contribution < -0.4 is 5.73 Å². The molecule has 2 atom stereocenters. The standard InChI is InChI=1S/C14H16N2S/c1-11(17-13-9-5-6-10-16-13)14(15)12-7-3-2-4-8-12/h2-11,14H,15H2,1H3. The molecular formula is C14H16N2S. The number of hydrogen-bond acceptors (Lipinski definition) is 3. The third kappa shape index (κ3) is 3.32. The van der Waals surface area contributed by atoms with Crippen LogP contribution in [-0.4, -0.2) is 10.2 Å². The Morgan fingerprint density at radius 1 is 1.06 bits per heavy atom. The summed E-state index contributed by atoms with van der Waals surface area (Å²) in [4.78, 5) is 4.30. The van der Waals surface area contributed by atoms with Crippen molar-refractivity contribution >= 4 is 11.8 Å². The maximum atomic E-state index is 6.24. The van der Waals surface area contributed by atoms with Gasteiger partial charge in [0, 0.05) is 17.5 Å². The van der Waals surface area contributed by atoms with Crippen LogP contribution in [0.3, 0.4) is 0 Å². The van der Waals surface area contributed by atoms with E-state index in [2.05, 4.69) is 24.0 Å². The van der Waals surface area contributed by atoms with E-state index in [1.165, 1.54) is 5.56 Å². The lowest BCUT2D eigenvalue weighted by Crippen LogP contribution is -2.21. The second-order valence-corrected chi connectivity index (χ2v) is 5.32. The smallest absolute Gasteiger partial charge is 0.0963 e. The molecule has 0 spiro atoms. The van der Waals surface area contributed by atoms with E-state index in [4.69, 9.17) is 5.73 Å². The summed E-state index contributed by atoms with van der Waals surface area (Å²) in [7, 11) is 0. The van der Waals surface area contributed by atoms with Crippen molar-refractivity contribution in [1.29, 1.82) is 0 Å². The normalized spacial score (nSPS) is 14.2. The molecule has 0 bridgehead atoms.